The van der Waals surface area contributed by atoms with Crippen molar-refractivity contribution in [1.82, 2.24) is 9.88 Å². The first-order valence-electron chi connectivity index (χ1n) is 15.0. The summed E-state index contributed by atoms with van der Waals surface area (Å²) < 4.78 is 121. The Hall–Kier alpha value is -4.18. The third-order valence-electron chi connectivity index (χ3n) is 8.93. The van der Waals surface area contributed by atoms with E-state index >= 15 is 0 Å². The molecule has 0 aliphatic carbocycles. The molecule has 0 radical (unpaired) electrons. The van der Waals surface area contributed by atoms with Crippen LogP contribution < -0.4 is 9.80 Å². The zero-order chi connectivity index (χ0) is 36.3. The van der Waals surface area contributed by atoms with E-state index in [0.717, 1.165) is 4.90 Å². The number of hydrogen-bond donors (Lipinski definition) is 1. The summed E-state index contributed by atoms with van der Waals surface area (Å²) in [6.07, 6.45) is -7.30. The Morgan fingerprint density at radius 3 is 2.16 bits per heavy atom. The van der Waals surface area contributed by atoms with Crippen LogP contribution in [0, 0.1) is 12.7 Å². The lowest BCUT2D eigenvalue weighted by molar-refractivity contribution is -0.143. The number of pyridine rings is 1. The molecule has 2 aliphatic heterocycles. The smallest absolute Gasteiger partial charge is 0.390 e. The molecular formula is C33H33F7N4O4S. The maximum Gasteiger partial charge on any atom is 0.416 e. The average Bonchev–Trinajstić information content (AvgIpc) is 3.01. The highest BCUT2D eigenvalue weighted by Gasteiger charge is 2.42. The standard InChI is InChI=1S/C33H33F7N4O4S/c1-19-9-23(34)5-6-26(19)27-13-29(44-16-25-18-49(47,48)8-7-43(25)15-24(44)17-45)41-14-28(27)42(4)30(46)31(2,3)20-10-21(32(35,36)37)12-22(11-20)33(38,39)40/h5-6,9-15,25,45H,7-8,16-18H2,1-4H3/t25-/m1/s1. The minimum atomic E-state index is -5.12. The average molecular weight is 715 g/mol. The van der Waals surface area contributed by atoms with Crippen molar-refractivity contribution in [3.05, 3.63) is 88.6 Å². The van der Waals surface area contributed by atoms with Crippen LogP contribution in [0.15, 0.2) is 60.6 Å². The quantitative estimate of drug-likeness (QED) is 0.317. The molecule has 5 rings (SSSR count). The molecular weight excluding hydrogens is 681 g/mol. The zero-order valence-corrected chi connectivity index (χ0v) is 27.6. The Morgan fingerprint density at radius 1 is 0.980 bits per heavy atom. The van der Waals surface area contributed by atoms with Crippen LogP contribution in [-0.2, 0) is 32.4 Å². The second-order valence-corrected chi connectivity index (χ2v) is 14.9. The molecule has 0 bridgehead atoms. The fourth-order valence-corrected chi connectivity index (χ4v) is 7.69. The number of carbonyl (C=O) groups is 1. The van der Waals surface area contributed by atoms with Crippen molar-refractivity contribution in [3.8, 4) is 11.1 Å². The van der Waals surface area contributed by atoms with E-state index in [1.165, 1.54) is 45.3 Å². The number of aromatic nitrogens is 1. The van der Waals surface area contributed by atoms with Gasteiger partial charge in [-0.2, -0.15) is 26.3 Å². The van der Waals surface area contributed by atoms with Gasteiger partial charge in [0.05, 0.1) is 58.3 Å². The number of hydrogen-bond acceptors (Lipinski definition) is 7. The predicted molar refractivity (Wildman–Crippen MR) is 169 cm³/mol. The molecule has 1 aromatic heterocycles. The van der Waals surface area contributed by atoms with E-state index in [1.54, 1.807) is 24.1 Å². The molecule has 264 valence electrons. The van der Waals surface area contributed by atoms with Gasteiger partial charge in [0, 0.05) is 31.9 Å². The number of alkyl halides is 6. The van der Waals surface area contributed by atoms with Crippen molar-refractivity contribution < 1.29 is 49.1 Å². The highest BCUT2D eigenvalue weighted by Crippen LogP contribution is 2.42. The van der Waals surface area contributed by atoms with Crippen LogP contribution in [-0.4, -0.2) is 73.6 Å². The van der Waals surface area contributed by atoms with Crippen molar-refractivity contribution in [3.63, 3.8) is 0 Å². The summed E-state index contributed by atoms with van der Waals surface area (Å²) >= 11 is 0. The number of nitrogens with zero attached hydrogens (tertiary/aromatic N) is 4. The van der Waals surface area contributed by atoms with Gasteiger partial charge in [-0.1, -0.05) is 6.07 Å². The second-order valence-electron chi connectivity index (χ2n) is 12.7. The number of anilines is 2. The van der Waals surface area contributed by atoms with Gasteiger partial charge in [0.15, 0.2) is 9.84 Å². The van der Waals surface area contributed by atoms with Crippen LogP contribution in [0.25, 0.3) is 11.1 Å². The molecule has 1 N–H and O–H groups in total. The molecule has 8 nitrogen and oxygen atoms in total. The molecule has 3 aromatic rings. The molecule has 16 heteroatoms. The summed E-state index contributed by atoms with van der Waals surface area (Å²) in [5.74, 6) is -1.33. The summed E-state index contributed by atoms with van der Waals surface area (Å²) in [4.78, 5) is 23.1. The number of benzene rings is 2. The van der Waals surface area contributed by atoms with E-state index in [-0.39, 0.29) is 42.2 Å². The van der Waals surface area contributed by atoms with E-state index in [0.29, 0.717) is 34.5 Å². The minimum Gasteiger partial charge on any atom is -0.390 e. The normalized spacial score (nSPS) is 18.2. The van der Waals surface area contributed by atoms with Crippen LogP contribution in [0.1, 0.15) is 36.1 Å². The third-order valence-corrected chi connectivity index (χ3v) is 10.6. The van der Waals surface area contributed by atoms with E-state index in [4.69, 9.17) is 0 Å². The second kappa shape index (κ2) is 12.6. The van der Waals surface area contributed by atoms with Crippen molar-refractivity contribution in [2.75, 3.05) is 48.0 Å². The molecule has 0 spiro atoms. The summed E-state index contributed by atoms with van der Waals surface area (Å²) in [6.45, 7) is 3.99. The van der Waals surface area contributed by atoms with Gasteiger partial charge >= 0.3 is 12.4 Å². The van der Waals surface area contributed by atoms with Crippen molar-refractivity contribution in [2.45, 2.75) is 44.6 Å². The topological polar surface area (TPSA) is 94.1 Å². The Morgan fingerprint density at radius 2 is 1.59 bits per heavy atom. The van der Waals surface area contributed by atoms with Crippen LogP contribution >= 0.6 is 0 Å². The lowest BCUT2D eigenvalue weighted by Crippen LogP contribution is -2.55. The van der Waals surface area contributed by atoms with Gasteiger partial charge in [0.2, 0.25) is 5.91 Å². The number of aliphatic hydroxyl groups is 1. The van der Waals surface area contributed by atoms with Gasteiger partial charge in [0.25, 0.3) is 0 Å². The number of carbonyl (C=O) groups excluding carboxylic acids is 1. The van der Waals surface area contributed by atoms with Crippen LogP contribution in [0.3, 0.4) is 0 Å². The first-order chi connectivity index (χ1) is 22.6. The summed E-state index contributed by atoms with van der Waals surface area (Å²) in [7, 11) is -2.02. The fraction of sp³-hybridized carbons (Fsp3) is 0.394. The first-order valence-corrected chi connectivity index (χ1v) is 16.8. The largest absolute Gasteiger partial charge is 0.416 e. The zero-order valence-electron chi connectivity index (χ0n) is 26.8. The fourth-order valence-electron chi connectivity index (χ4n) is 6.15. The highest BCUT2D eigenvalue weighted by molar-refractivity contribution is 7.91. The summed E-state index contributed by atoms with van der Waals surface area (Å²) in [5.41, 5.74) is -3.86. The van der Waals surface area contributed by atoms with Crippen molar-refractivity contribution in [1.29, 1.82) is 0 Å². The Labute approximate surface area is 278 Å². The van der Waals surface area contributed by atoms with E-state index in [2.05, 4.69) is 4.98 Å². The number of halogens is 7. The molecule has 1 atom stereocenters. The Bertz CT molecular complexity index is 1890. The van der Waals surface area contributed by atoms with Crippen LogP contribution in [0.2, 0.25) is 0 Å². The summed E-state index contributed by atoms with van der Waals surface area (Å²) in [6, 6.07) is 6.00. The predicted octanol–water partition coefficient (Wildman–Crippen LogP) is 5.93. The van der Waals surface area contributed by atoms with E-state index < -0.39 is 68.7 Å². The molecule has 3 heterocycles. The van der Waals surface area contributed by atoms with Gasteiger partial charge in [-0.25, -0.2) is 17.8 Å². The van der Waals surface area contributed by atoms with Crippen molar-refractivity contribution in [2.24, 2.45) is 0 Å². The molecule has 0 saturated carbocycles. The Kier molecular flexibility index (Phi) is 9.29. The number of aryl methyl sites for hydroxylation is 1. The molecule has 2 aliphatic rings. The molecule has 0 unspecified atom stereocenters. The van der Waals surface area contributed by atoms with E-state index in [9.17, 15) is 49.1 Å². The van der Waals surface area contributed by atoms with Gasteiger partial charge in [0.1, 0.15) is 11.6 Å². The first kappa shape index (κ1) is 36.1. The van der Waals surface area contributed by atoms with Crippen molar-refractivity contribution >= 4 is 27.2 Å². The van der Waals surface area contributed by atoms with Crippen LogP contribution in [0.4, 0.5) is 42.2 Å². The maximum absolute atomic E-state index is 14.2. The highest BCUT2D eigenvalue weighted by atomic mass is 32.2. The maximum atomic E-state index is 14.2. The van der Waals surface area contributed by atoms with Gasteiger partial charge in [-0.15, -0.1) is 0 Å². The molecule has 1 amide bonds. The Balaban J connectivity index is 1.61. The molecule has 2 aromatic carbocycles. The molecule has 1 saturated heterocycles. The lowest BCUT2D eigenvalue weighted by Gasteiger charge is -2.43. The number of amides is 1. The number of rotatable bonds is 6. The third kappa shape index (κ3) is 7.25. The van der Waals surface area contributed by atoms with Gasteiger partial charge < -0.3 is 19.8 Å². The van der Waals surface area contributed by atoms with Crippen LogP contribution in [0.5, 0.6) is 0 Å². The SMILES string of the molecule is Cc1cc(F)ccc1-c1cc(N2C[C@@H]3CS(=O)(=O)CCN3C=C2CO)ncc1N(C)C(=O)C(C)(C)c1cc(C(F)(F)F)cc(C(F)(F)F)c1. The monoisotopic (exact) mass is 714 g/mol. The minimum absolute atomic E-state index is 0.0104. The van der Waals surface area contributed by atoms with Gasteiger partial charge in [-0.05, 0) is 73.9 Å². The number of sulfone groups is 1. The molecule has 49 heavy (non-hydrogen) atoms. The number of likely N-dealkylation sites (N-methyl/N-ethyl adjacent to an activating group) is 1. The number of aliphatic hydroxyl groups excluding tert-OH is 1. The number of fused-ring (bicyclic) bond motifs is 1. The van der Waals surface area contributed by atoms with E-state index in [1.807, 2.05) is 4.90 Å². The van der Waals surface area contributed by atoms with Gasteiger partial charge in [-0.3, -0.25) is 4.79 Å². The lowest BCUT2D eigenvalue weighted by atomic mass is 9.81. The summed E-state index contributed by atoms with van der Waals surface area (Å²) in [5, 5.41) is 10.2. The molecule has 1 fully saturated rings.